The fourth-order valence-electron chi connectivity index (χ4n) is 13.1. The van der Waals surface area contributed by atoms with E-state index in [1.165, 1.54) is 0 Å². The maximum absolute atomic E-state index is 14.3. The third-order valence-electron chi connectivity index (χ3n) is 17.2. The second kappa shape index (κ2) is 22.1. The molecular formula is C46H76O23. The molecule has 3 aliphatic carbocycles. The first kappa shape index (κ1) is 55.1. The fourth-order valence-corrected chi connectivity index (χ4v) is 13.1. The first-order valence-corrected chi connectivity index (χ1v) is 24.3. The molecule has 14 N–H and O–H groups in total. The van der Waals surface area contributed by atoms with Crippen molar-refractivity contribution in [2.45, 2.75) is 195 Å². The average Bonchev–Trinajstić information content (AvgIpc) is 3.33. The van der Waals surface area contributed by atoms with Crippen molar-refractivity contribution in [3.63, 3.8) is 0 Å². The Bertz CT molecular complexity index is 1720. The molecule has 0 aromatic carbocycles. The topological polar surface area (TPSA) is 374 Å². The lowest BCUT2D eigenvalue weighted by molar-refractivity contribution is -0.347. The lowest BCUT2D eigenvalue weighted by Gasteiger charge is -2.65. The minimum absolute atomic E-state index is 0.0379. The van der Waals surface area contributed by atoms with Crippen LogP contribution in [0.25, 0.3) is 0 Å². The number of hydrogen-bond acceptors (Lipinski definition) is 23. The third-order valence-corrected chi connectivity index (χ3v) is 17.2. The molecule has 0 spiro atoms. The van der Waals surface area contributed by atoms with Gasteiger partial charge in [0, 0.05) is 5.92 Å². The number of carbonyl (C=O) groups excluding carboxylic acids is 1. The van der Waals surface area contributed by atoms with Gasteiger partial charge in [-0.3, -0.25) is 4.79 Å². The number of carbonyl (C=O) groups is 1. The Morgan fingerprint density at radius 1 is 0.609 bits per heavy atom. The minimum Gasteiger partial charge on any atom is -0.432 e. The van der Waals surface area contributed by atoms with Crippen molar-refractivity contribution in [3.8, 4) is 0 Å². The molecule has 7 aliphatic rings. The molecule has 69 heavy (non-hydrogen) atoms. The Morgan fingerprint density at radius 3 is 1.70 bits per heavy atom. The second-order valence-corrected chi connectivity index (χ2v) is 21.0. The van der Waals surface area contributed by atoms with Gasteiger partial charge in [0.2, 0.25) is 6.29 Å². The van der Waals surface area contributed by atoms with Crippen molar-refractivity contribution in [1.82, 2.24) is 0 Å². The van der Waals surface area contributed by atoms with Gasteiger partial charge in [-0.25, -0.2) is 0 Å². The number of hydrogen-bond donors (Lipinski definition) is 14. The quantitative estimate of drug-likeness (QED) is 0.0542. The predicted octanol–water partition coefficient (Wildman–Crippen LogP) is -4.58. The maximum Gasteiger partial charge on any atom is 0.314 e. The van der Waals surface area contributed by atoms with Crippen molar-refractivity contribution >= 4 is 5.97 Å². The summed E-state index contributed by atoms with van der Waals surface area (Å²) >= 11 is 0. The Kier molecular flexibility index (Phi) is 17.6. The molecular weight excluding hydrogens is 920 g/mol. The zero-order valence-corrected chi connectivity index (χ0v) is 39.3. The van der Waals surface area contributed by atoms with Crippen LogP contribution in [0.2, 0.25) is 0 Å². The molecule has 23 heteroatoms. The van der Waals surface area contributed by atoms with E-state index in [4.69, 9.17) is 37.9 Å². The van der Waals surface area contributed by atoms with Crippen molar-refractivity contribution in [1.29, 1.82) is 0 Å². The monoisotopic (exact) mass is 996 g/mol. The fraction of sp³-hybridized carbons (Fsp3) is 0.935. The third kappa shape index (κ3) is 10.2. The van der Waals surface area contributed by atoms with Crippen LogP contribution in [0, 0.1) is 34.0 Å². The van der Waals surface area contributed by atoms with Gasteiger partial charge in [-0.15, -0.1) is 0 Å². The molecule has 23 unspecified atom stereocenters. The van der Waals surface area contributed by atoms with E-state index in [9.17, 15) is 76.3 Å². The second-order valence-electron chi connectivity index (χ2n) is 21.0. The van der Waals surface area contributed by atoms with E-state index >= 15 is 0 Å². The molecule has 7 fully saturated rings. The Hall–Kier alpha value is -1.63. The molecule has 4 saturated heterocycles. The molecule has 3 saturated carbocycles. The zero-order chi connectivity index (χ0) is 50.5. The average molecular weight is 997 g/mol. The molecule has 0 amide bonds. The molecule has 4 heterocycles. The van der Waals surface area contributed by atoms with Gasteiger partial charge in [0.25, 0.3) is 0 Å². The van der Waals surface area contributed by atoms with E-state index in [0.29, 0.717) is 32.1 Å². The van der Waals surface area contributed by atoms with E-state index < -0.39 is 178 Å². The number of fused-ring (bicyclic) bond motifs is 3. The van der Waals surface area contributed by atoms with Crippen LogP contribution in [0.5, 0.6) is 0 Å². The van der Waals surface area contributed by atoms with Crippen molar-refractivity contribution < 1.29 is 114 Å². The number of ether oxygens (including phenoxy) is 8. The van der Waals surface area contributed by atoms with Gasteiger partial charge >= 0.3 is 5.97 Å². The highest BCUT2D eigenvalue weighted by Gasteiger charge is 2.65. The molecule has 0 aromatic heterocycles. The molecule has 0 radical (unpaired) electrons. The summed E-state index contributed by atoms with van der Waals surface area (Å²) in [4.78, 5) is 14.3. The lowest BCUT2D eigenvalue weighted by Crippen LogP contribution is -2.64. The number of aliphatic hydroxyl groups is 14. The van der Waals surface area contributed by atoms with Crippen LogP contribution in [0.4, 0.5) is 0 Å². The highest BCUT2D eigenvalue weighted by molar-refractivity contribution is 5.77. The van der Waals surface area contributed by atoms with Crippen molar-refractivity contribution in [2.24, 2.45) is 34.0 Å². The minimum atomic E-state index is -1.89. The van der Waals surface area contributed by atoms with Gasteiger partial charge in [-0.2, -0.15) is 0 Å². The summed E-state index contributed by atoms with van der Waals surface area (Å²) in [5, 5.41) is 147. The highest BCUT2D eigenvalue weighted by atomic mass is 16.7. The molecule has 0 bridgehead atoms. The van der Waals surface area contributed by atoms with Gasteiger partial charge in [-0.05, 0) is 80.1 Å². The maximum atomic E-state index is 14.3. The number of aliphatic hydroxyl groups excluding tert-OH is 14. The van der Waals surface area contributed by atoms with Gasteiger partial charge in [0.1, 0.15) is 85.5 Å². The SMILES string of the molecule is C=C1C[C@@]2(CC)CCC3[C@@](C)(CCC[C@@]3(C)C(=O)OC3OC(CO)C(O)C(O)C3O)C2CC1OCC1OC(CO)C(O)C(COC2OC(CO)C(O)C(O)C2O)C1OC1OC(CO)C(O)C(O)C1O. The largest absolute Gasteiger partial charge is 0.432 e. The van der Waals surface area contributed by atoms with Crippen LogP contribution >= 0.6 is 0 Å². The standard InChI is InChI=1S/C46H76O23/c1-5-46-10-7-27-44(3,8-6-9-45(27,4)43(61)69-42-38(60)35(57)32(54)25(16-50)67-42)28(46)11-21(19(2)12-46)62-18-26-39(68-41-37(59)34(56)31(53)24(15-49)66-41)20(29(51)22(13-47)64-26)17-63-40-36(58)33(55)30(52)23(14-48)65-40/h20-42,47-60H,2,5-18H2,1,3-4H3/t20?,21?,22?,23?,24?,25?,26?,27?,28?,29?,30?,31?,32?,33?,34?,35?,36?,37?,38?,39?,40?,41?,42?,44-,45-,46-/m1/s1. The lowest BCUT2D eigenvalue weighted by atomic mass is 9.39. The van der Waals surface area contributed by atoms with Gasteiger partial charge in [0.05, 0.1) is 63.4 Å². The molecule has 4 aliphatic heterocycles. The number of esters is 1. The molecule has 26 atom stereocenters. The Morgan fingerprint density at radius 2 is 1.13 bits per heavy atom. The van der Waals surface area contributed by atoms with Crippen LogP contribution < -0.4 is 0 Å². The predicted molar refractivity (Wildman–Crippen MR) is 231 cm³/mol. The highest BCUT2D eigenvalue weighted by Crippen LogP contribution is 2.69. The summed E-state index contributed by atoms with van der Waals surface area (Å²) < 4.78 is 47.7. The first-order valence-electron chi connectivity index (χ1n) is 24.3. The molecule has 0 aromatic rings. The summed E-state index contributed by atoms with van der Waals surface area (Å²) in [6.45, 7) is 6.84. The van der Waals surface area contributed by atoms with Gasteiger partial charge in [-0.1, -0.05) is 26.8 Å². The first-order chi connectivity index (χ1) is 32.6. The normalized spacial score (nSPS) is 51.6. The van der Waals surface area contributed by atoms with Crippen LogP contribution in [-0.4, -0.2) is 240 Å². The van der Waals surface area contributed by atoms with Crippen LogP contribution in [0.15, 0.2) is 12.2 Å². The summed E-state index contributed by atoms with van der Waals surface area (Å²) in [7, 11) is 0. The van der Waals surface area contributed by atoms with Gasteiger partial charge < -0.3 is 109 Å². The number of rotatable bonds is 15. The molecule has 7 rings (SSSR count). The summed E-state index contributed by atoms with van der Waals surface area (Å²) in [6, 6.07) is 0. The van der Waals surface area contributed by atoms with Gasteiger partial charge in [0.15, 0.2) is 12.6 Å². The van der Waals surface area contributed by atoms with E-state index in [-0.39, 0.29) is 23.9 Å². The summed E-state index contributed by atoms with van der Waals surface area (Å²) in [5.74, 6) is -2.14. The Balaban J connectivity index is 1.13. The summed E-state index contributed by atoms with van der Waals surface area (Å²) in [6.07, 6.45) is -25.8. The van der Waals surface area contributed by atoms with E-state index in [1.807, 2.05) is 6.92 Å². The van der Waals surface area contributed by atoms with Crippen LogP contribution in [0.3, 0.4) is 0 Å². The Labute approximate surface area is 400 Å². The molecule has 398 valence electrons. The van der Waals surface area contributed by atoms with E-state index in [1.54, 1.807) is 0 Å². The van der Waals surface area contributed by atoms with Crippen molar-refractivity contribution in [3.05, 3.63) is 12.2 Å². The molecule has 23 nitrogen and oxygen atoms in total. The van der Waals surface area contributed by atoms with E-state index in [2.05, 4.69) is 20.4 Å². The van der Waals surface area contributed by atoms with Crippen LogP contribution in [-0.2, 0) is 42.7 Å². The summed E-state index contributed by atoms with van der Waals surface area (Å²) in [5.41, 5.74) is -0.961. The van der Waals surface area contributed by atoms with E-state index in [0.717, 1.165) is 24.8 Å². The zero-order valence-electron chi connectivity index (χ0n) is 39.3. The van der Waals surface area contributed by atoms with Crippen LogP contribution in [0.1, 0.15) is 72.1 Å². The van der Waals surface area contributed by atoms with Crippen molar-refractivity contribution in [2.75, 3.05) is 39.6 Å². The smallest absolute Gasteiger partial charge is 0.314 e.